The maximum absolute atomic E-state index is 12.1. The molecule has 0 fully saturated rings. The van der Waals surface area contributed by atoms with E-state index in [1.54, 1.807) is 30.1 Å². The van der Waals surface area contributed by atoms with E-state index in [0.29, 0.717) is 15.8 Å². The lowest BCUT2D eigenvalue weighted by Crippen LogP contribution is -2.19. The maximum Gasteiger partial charge on any atom is 0.250 e. The van der Waals surface area contributed by atoms with Crippen molar-refractivity contribution in [2.75, 3.05) is 5.75 Å². The summed E-state index contributed by atoms with van der Waals surface area (Å²) in [4.78, 5) is 12.1. The fraction of sp³-hybridized carbons (Fsp3) is 0.217. The van der Waals surface area contributed by atoms with Crippen LogP contribution in [0.1, 0.15) is 28.1 Å². The van der Waals surface area contributed by atoms with Gasteiger partial charge in [0.1, 0.15) is 0 Å². The molecule has 3 aromatic rings. The zero-order valence-corrected chi connectivity index (χ0v) is 19.4. The molecule has 1 heterocycles. The van der Waals surface area contributed by atoms with Gasteiger partial charge in [-0.25, -0.2) is 5.43 Å². The third-order valence-corrected chi connectivity index (χ3v) is 6.30. The highest BCUT2D eigenvalue weighted by molar-refractivity contribution is 7.99. The number of rotatable bonds is 7. The average Bonchev–Trinajstić information content (AvgIpc) is 2.98. The van der Waals surface area contributed by atoms with Crippen LogP contribution in [0.5, 0.6) is 0 Å². The Morgan fingerprint density at radius 3 is 2.67 bits per heavy atom. The Morgan fingerprint density at radius 1 is 1.13 bits per heavy atom. The highest BCUT2D eigenvalue weighted by Gasteiger charge is 2.13. The molecule has 4 nitrogen and oxygen atoms in total. The largest absolute Gasteiger partial charge is 0.316 e. The minimum Gasteiger partial charge on any atom is -0.316 e. The van der Waals surface area contributed by atoms with Gasteiger partial charge in [0.25, 0.3) is 0 Å². The van der Waals surface area contributed by atoms with E-state index in [9.17, 15) is 4.79 Å². The van der Waals surface area contributed by atoms with Gasteiger partial charge >= 0.3 is 0 Å². The smallest absolute Gasteiger partial charge is 0.250 e. The van der Waals surface area contributed by atoms with E-state index in [2.05, 4.69) is 29.6 Å². The van der Waals surface area contributed by atoms with Crippen molar-refractivity contribution in [3.05, 3.63) is 86.7 Å². The van der Waals surface area contributed by atoms with Crippen molar-refractivity contribution in [1.82, 2.24) is 9.99 Å². The summed E-state index contributed by atoms with van der Waals surface area (Å²) >= 11 is 14.1. The van der Waals surface area contributed by atoms with Crippen molar-refractivity contribution in [3.63, 3.8) is 0 Å². The molecule has 0 saturated carbocycles. The summed E-state index contributed by atoms with van der Waals surface area (Å²) in [5, 5.41) is 5.36. The monoisotopic (exact) mass is 459 g/mol. The number of benzene rings is 2. The van der Waals surface area contributed by atoms with Gasteiger partial charge in [0.05, 0.1) is 22.7 Å². The number of aryl methyl sites for hydroxylation is 2. The molecule has 156 valence electrons. The average molecular weight is 460 g/mol. The van der Waals surface area contributed by atoms with Crippen molar-refractivity contribution in [2.45, 2.75) is 26.5 Å². The Hall–Kier alpha value is -2.21. The summed E-state index contributed by atoms with van der Waals surface area (Å²) in [6.07, 6.45) is 1.65. The molecule has 1 N–H and O–H groups in total. The molecule has 0 spiro atoms. The second kappa shape index (κ2) is 10.2. The van der Waals surface area contributed by atoms with Gasteiger partial charge in [0.2, 0.25) is 5.91 Å². The molecule has 0 unspecified atom stereocenters. The molecule has 30 heavy (non-hydrogen) atoms. The predicted octanol–water partition coefficient (Wildman–Crippen LogP) is 6.09. The molecule has 0 aliphatic rings. The minimum absolute atomic E-state index is 0.128. The molecule has 0 bridgehead atoms. The first-order valence-electron chi connectivity index (χ1n) is 9.45. The molecule has 1 aromatic heterocycles. The Labute approximate surface area is 191 Å². The molecule has 0 saturated heterocycles. The van der Waals surface area contributed by atoms with Crippen molar-refractivity contribution in [1.29, 1.82) is 0 Å². The Kier molecular flexibility index (Phi) is 7.64. The van der Waals surface area contributed by atoms with E-state index < -0.39 is 0 Å². The van der Waals surface area contributed by atoms with E-state index in [0.717, 1.165) is 28.4 Å². The van der Waals surface area contributed by atoms with Crippen LogP contribution in [0.25, 0.3) is 5.69 Å². The number of halogens is 2. The molecule has 0 aliphatic heterocycles. The Balaban J connectivity index is 1.61. The lowest BCUT2D eigenvalue weighted by atomic mass is 10.1. The van der Waals surface area contributed by atoms with E-state index in [1.165, 1.54) is 11.1 Å². The van der Waals surface area contributed by atoms with Gasteiger partial charge in [-0.05, 0) is 56.2 Å². The lowest BCUT2D eigenvalue weighted by molar-refractivity contribution is -0.118. The first-order chi connectivity index (χ1) is 14.4. The van der Waals surface area contributed by atoms with Gasteiger partial charge in [-0.3, -0.25) is 4.79 Å². The summed E-state index contributed by atoms with van der Waals surface area (Å²) in [6.45, 7) is 6.04. The molecule has 0 atom stereocenters. The summed E-state index contributed by atoms with van der Waals surface area (Å²) in [5.74, 6) is 1.02. The molecule has 2 aromatic carbocycles. The van der Waals surface area contributed by atoms with Crippen LogP contribution in [0.3, 0.4) is 0 Å². The Morgan fingerprint density at radius 2 is 1.90 bits per heavy atom. The summed E-state index contributed by atoms with van der Waals surface area (Å²) in [5.41, 5.74) is 8.75. The molecule has 0 aliphatic carbocycles. The number of carbonyl (C=O) groups is 1. The molecular formula is C23H23Cl2N3OS. The number of hydrazone groups is 1. The van der Waals surface area contributed by atoms with Crippen molar-refractivity contribution in [3.8, 4) is 5.69 Å². The fourth-order valence-corrected chi connectivity index (χ4v) is 4.44. The van der Waals surface area contributed by atoms with Crippen LogP contribution in [0.4, 0.5) is 0 Å². The summed E-state index contributed by atoms with van der Waals surface area (Å²) < 4.78 is 2.02. The number of amides is 1. The number of hydrogen-bond acceptors (Lipinski definition) is 3. The zero-order chi connectivity index (χ0) is 21.7. The highest BCUT2D eigenvalue weighted by Crippen LogP contribution is 2.28. The molecular weight excluding hydrogens is 437 g/mol. The van der Waals surface area contributed by atoms with Crippen molar-refractivity contribution in [2.24, 2.45) is 5.10 Å². The van der Waals surface area contributed by atoms with Crippen LogP contribution < -0.4 is 5.43 Å². The topological polar surface area (TPSA) is 46.4 Å². The number of aromatic nitrogens is 1. The van der Waals surface area contributed by atoms with Crippen LogP contribution in [0, 0.1) is 20.8 Å². The quantitative estimate of drug-likeness (QED) is 0.343. The van der Waals surface area contributed by atoms with Crippen molar-refractivity contribution >= 4 is 47.1 Å². The Bertz CT molecular complexity index is 1090. The third-order valence-electron chi connectivity index (χ3n) is 4.76. The second-order valence-electron chi connectivity index (χ2n) is 6.97. The molecule has 0 radical (unpaired) electrons. The zero-order valence-electron chi connectivity index (χ0n) is 17.1. The lowest BCUT2D eigenvalue weighted by Gasteiger charge is -2.12. The van der Waals surface area contributed by atoms with E-state index in [4.69, 9.17) is 23.2 Å². The van der Waals surface area contributed by atoms with E-state index in [1.807, 2.05) is 42.7 Å². The van der Waals surface area contributed by atoms with Gasteiger partial charge < -0.3 is 4.57 Å². The van der Waals surface area contributed by atoms with Gasteiger partial charge in [-0.2, -0.15) is 5.10 Å². The highest BCUT2D eigenvalue weighted by atomic mass is 35.5. The standard InChI is InChI=1S/C23H23Cl2N3OS/c1-15-6-4-5-7-18(15)13-30-14-23(29)27-26-12-19-10-16(2)28(17(19)3)22-11-20(24)8-9-21(22)25/h4-12H,13-14H2,1-3H3,(H,27,29)/b26-12+. The number of hydrogen-bond donors (Lipinski definition) is 1. The first-order valence-corrected chi connectivity index (χ1v) is 11.4. The van der Waals surface area contributed by atoms with Gasteiger partial charge in [0, 0.05) is 27.7 Å². The summed E-state index contributed by atoms with van der Waals surface area (Å²) in [7, 11) is 0. The molecule has 3 rings (SSSR count). The number of nitrogens with one attached hydrogen (secondary N) is 1. The number of nitrogens with zero attached hydrogens (tertiary/aromatic N) is 2. The van der Waals surface area contributed by atoms with E-state index in [-0.39, 0.29) is 5.91 Å². The van der Waals surface area contributed by atoms with Crippen LogP contribution >= 0.6 is 35.0 Å². The van der Waals surface area contributed by atoms with Gasteiger partial charge in [0.15, 0.2) is 0 Å². The predicted molar refractivity (Wildman–Crippen MR) is 128 cm³/mol. The van der Waals surface area contributed by atoms with Gasteiger partial charge in [-0.15, -0.1) is 11.8 Å². The fourth-order valence-electron chi connectivity index (χ4n) is 3.18. The molecule has 1 amide bonds. The van der Waals surface area contributed by atoms with Crippen molar-refractivity contribution < 1.29 is 4.79 Å². The van der Waals surface area contributed by atoms with Crippen LogP contribution in [-0.4, -0.2) is 22.4 Å². The SMILES string of the molecule is Cc1ccccc1CSCC(=O)N/N=C/c1cc(C)n(-c2cc(Cl)ccc2Cl)c1C. The van der Waals surface area contributed by atoms with Crippen LogP contribution in [0.15, 0.2) is 53.6 Å². The second-order valence-corrected chi connectivity index (χ2v) is 8.80. The number of thioether (sulfide) groups is 1. The third kappa shape index (κ3) is 5.48. The number of carbonyl (C=O) groups excluding carboxylic acids is 1. The summed E-state index contributed by atoms with van der Waals surface area (Å²) in [6, 6.07) is 15.6. The molecule has 7 heteroatoms. The van der Waals surface area contributed by atoms with Crippen LogP contribution in [-0.2, 0) is 10.5 Å². The minimum atomic E-state index is -0.128. The van der Waals surface area contributed by atoms with E-state index >= 15 is 0 Å². The van der Waals surface area contributed by atoms with Crippen LogP contribution in [0.2, 0.25) is 10.0 Å². The van der Waals surface area contributed by atoms with Gasteiger partial charge in [-0.1, -0.05) is 47.5 Å². The normalized spacial score (nSPS) is 11.2. The first kappa shape index (κ1) is 22.5. The maximum atomic E-state index is 12.1.